The monoisotopic (exact) mass is 217 g/mol. The van der Waals surface area contributed by atoms with Gasteiger partial charge >= 0.3 is 5.97 Å². The summed E-state index contributed by atoms with van der Waals surface area (Å²) in [6, 6.07) is 0. The number of nitrogens with one attached hydrogen (secondary N) is 1. The van der Waals surface area contributed by atoms with Crippen molar-refractivity contribution < 1.29 is 19.1 Å². The number of carbonyl (C=O) groups excluding carboxylic acids is 2. The van der Waals surface area contributed by atoms with E-state index < -0.39 is 11.5 Å². The van der Waals surface area contributed by atoms with Gasteiger partial charge < -0.3 is 14.8 Å². The van der Waals surface area contributed by atoms with Crippen LogP contribution in [-0.4, -0.2) is 38.2 Å². The van der Waals surface area contributed by atoms with Crippen molar-refractivity contribution in [3.63, 3.8) is 0 Å². The molecule has 1 unspecified atom stereocenters. The molecule has 1 amide bonds. The van der Waals surface area contributed by atoms with E-state index in [1.807, 2.05) is 6.92 Å². The highest BCUT2D eigenvalue weighted by Crippen LogP contribution is 2.14. The Morgan fingerprint density at radius 1 is 1.33 bits per heavy atom. The summed E-state index contributed by atoms with van der Waals surface area (Å²) in [5.41, 5.74) is -0.959. The van der Waals surface area contributed by atoms with E-state index in [2.05, 4.69) is 14.8 Å². The van der Waals surface area contributed by atoms with Gasteiger partial charge in [0.2, 0.25) is 5.91 Å². The zero-order chi connectivity index (χ0) is 11.9. The highest BCUT2D eigenvalue weighted by atomic mass is 16.5. The second kappa shape index (κ2) is 6.40. The number of ether oxygens (including phenoxy) is 2. The first-order valence-electron chi connectivity index (χ1n) is 4.88. The number of esters is 1. The topological polar surface area (TPSA) is 64.6 Å². The molecule has 0 aliphatic carbocycles. The molecule has 0 aromatic rings. The number of amides is 1. The first kappa shape index (κ1) is 13.9. The molecule has 0 fully saturated rings. The molecule has 0 radical (unpaired) electrons. The number of hydrogen-bond acceptors (Lipinski definition) is 4. The fraction of sp³-hybridized carbons (Fsp3) is 0.800. The minimum atomic E-state index is -0.959. The summed E-state index contributed by atoms with van der Waals surface area (Å²) in [4.78, 5) is 22.8. The third-order valence-electron chi connectivity index (χ3n) is 2.08. The zero-order valence-electron chi connectivity index (χ0n) is 9.75. The number of hydrogen-bond donors (Lipinski definition) is 1. The summed E-state index contributed by atoms with van der Waals surface area (Å²) >= 11 is 0. The van der Waals surface area contributed by atoms with Crippen LogP contribution in [0.4, 0.5) is 0 Å². The molecule has 0 aliphatic heterocycles. The van der Waals surface area contributed by atoms with Gasteiger partial charge in [-0.15, -0.1) is 0 Å². The van der Waals surface area contributed by atoms with E-state index in [0.717, 1.165) is 6.42 Å². The third-order valence-corrected chi connectivity index (χ3v) is 2.08. The van der Waals surface area contributed by atoms with E-state index in [1.165, 1.54) is 14.2 Å². The Balaban J connectivity index is 4.50. The van der Waals surface area contributed by atoms with Crippen molar-refractivity contribution in [2.75, 3.05) is 20.8 Å². The maximum atomic E-state index is 11.5. The van der Waals surface area contributed by atoms with Gasteiger partial charge in [-0.25, -0.2) is 4.79 Å². The van der Waals surface area contributed by atoms with E-state index >= 15 is 0 Å². The summed E-state index contributed by atoms with van der Waals surface area (Å²) in [6.07, 6.45) is 1.31. The smallest absolute Gasteiger partial charge is 0.331 e. The molecule has 5 nitrogen and oxygen atoms in total. The molecule has 0 spiro atoms. The van der Waals surface area contributed by atoms with Crippen molar-refractivity contribution in [3.8, 4) is 0 Å². The van der Waals surface area contributed by atoms with E-state index in [1.54, 1.807) is 6.92 Å². The van der Waals surface area contributed by atoms with Crippen molar-refractivity contribution in [2.24, 2.45) is 0 Å². The van der Waals surface area contributed by atoms with Crippen LogP contribution < -0.4 is 5.32 Å². The molecule has 0 aromatic carbocycles. The van der Waals surface area contributed by atoms with Gasteiger partial charge in [0, 0.05) is 7.11 Å². The summed E-state index contributed by atoms with van der Waals surface area (Å²) in [6.45, 7) is 3.52. The largest absolute Gasteiger partial charge is 0.467 e. The molecule has 0 rings (SSSR count). The lowest BCUT2D eigenvalue weighted by Gasteiger charge is -2.27. The molecule has 0 saturated heterocycles. The first-order chi connectivity index (χ1) is 7.00. The van der Waals surface area contributed by atoms with Crippen LogP contribution >= 0.6 is 0 Å². The molecule has 0 heterocycles. The molecule has 1 atom stereocenters. The Morgan fingerprint density at radius 2 is 1.93 bits per heavy atom. The van der Waals surface area contributed by atoms with E-state index in [-0.39, 0.29) is 12.5 Å². The van der Waals surface area contributed by atoms with Crippen molar-refractivity contribution in [1.82, 2.24) is 5.32 Å². The Hall–Kier alpha value is -1.10. The summed E-state index contributed by atoms with van der Waals surface area (Å²) in [5.74, 6) is -0.757. The highest BCUT2D eigenvalue weighted by Gasteiger charge is 2.34. The number of methoxy groups -OCH3 is 2. The molecule has 0 saturated carbocycles. The van der Waals surface area contributed by atoms with E-state index in [9.17, 15) is 9.59 Å². The maximum absolute atomic E-state index is 11.5. The van der Waals surface area contributed by atoms with Crippen LogP contribution in [0.1, 0.15) is 26.7 Å². The average Bonchev–Trinajstić information content (AvgIpc) is 2.17. The Bertz CT molecular complexity index is 229. The fourth-order valence-corrected chi connectivity index (χ4v) is 1.42. The normalized spacial score (nSPS) is 14.1. The van der Waals surface area contributed by atoms with Gasteiger partial charge in [0.25, 0.3) is 0 Å². The standard InChI is InChI=1S/C10H19NO4/c1-5-6-10(2,9(13)15-4)11-8(12)7-14-3/h5-7H2,1-4H3,(H,11,12). The second-order valence-electron chi connectivity index (χ2n) is 3.55. The Labute approximate surface area is 90.1 Å². The molecule has 0 aromatic heterocycles. The van der Waals surface area contributed by atoms with Crippen molar-refractivity contribution in [3.05, 3.63) is 0 Å². The van der Waals surface area contributed by atoms with Gasteiger partial charge in [-0.05, 0) is 13.3 Å². The molecular formula is C10H19NO4. The van der Waals surface area contributed by atoms with Crippen LogP contribution in [0.25, 0.3) is 0 Å². The van der Waals surface area contributed by atoms with E-state index in [4.69, 9.17) is 0 Å². The molecule has 1 N–H and O–H groups in total. The van der Waals surface area contributed by atoms with Crippen LogP contribution in [0.3, 0.4) is 0 Å². The summed E-state index contributed by atoms with van der Waals surface area (Å²) in [5, 5.41) is 2.61. The molecular weight excluding hydrogens is 198 g/mol. The fourth-order valence-electron chi connectivity index (χ4n) is 1.42. The predicted octanol–water partition coefficient (Wildman–Crippen LogP) is 0.481. The van der Waals surface area contributed by atoms with Crippen LogP contribution in [0.5, 0.6) is 0 Å². The maximum Gasteiger partial charge on any atom is 0.331 e. The third kappa shape index (κ3) is 4.29. The van der Waals surface area contributed by atoms with Crippen LogP contribution in [0.2, 0.25) is 0 Å². The molecule has 0 bridgehead atoms. The SMILES string of the molecule is CCCC(C)(NC(=O)COC)C(=O)OC. The van der Waals surface area contributed by atoms with Gasteiger partial charge in [-0.1, -0.05) is 13.3 Å². The van der Waals surface area contributed by atoms with Gasteiger partial charge in [-0.2, -0.15) is 0 Å². The number of carbonyl (C=O) groups is 2. The predicted molar refractivity (Wildman–Crippen MR) is 55.3 cm³/mol. The number of rotatable bonds is 6. The zero-order valence-corrected chi connectivity index (χ0v) is 9.75. The van der Waals surface area contributed by atoms with Crippen LogP contribution in [-0.2, 0) is 19.1 Å². The van der Waals surface area contributed by atoms with E-state index in [0.29, 0.717) is 6.42 Å². The van der Waals surface area contributed by atoms with Gasteiger partial charge in [-0.3, -0.25) is 4.79 Å². The Kier molecular flexibility index (Phi) is 5.93. The summed E-state index contributed by atoms with van der Waals surface area (Å²) < 4.78 is 9.33. The second-order valence-corrected chi connectivity index (χ2v) is 3.55. The lowest BCUT2D eigenvalue weighted by Crippen LogP contribution is -2.53. The summed E-state index contributed by atoms with van der Waals surface area (Å²) in [7, 11) is 2.73. The van der Waals surface area contributed by atoms with Crippen molar-refractivity contribution in [2.45, 2.75) is 32.2 Å². The van der Waals surface area contributed by atoms with Crippen molar-refractivity contribution >= 4 is 11.9 Å². The lowest BCUT2D eigenvalue weighted by atomic mass is 9.96. The van der Waals surface area contributed by atoms with Gasteiger partial charge in [0.1, 0.15) is 12.1 Å². The van der Waals surface area contributed by atoms with Crippen LogP contribution in [0, 0.1) is 0 Å². The van der Waals surface area contributed by atoms with Gasteiger partial charge in [0.15, 0.2) is 0 Å². The van der Waals surface area contributed by atoms with Crippen LogP contribution in [0.15, 0.2) is 0 Å². The minimum Gasteiger partial charge on any atom is -0.467 e. The average molecular weight is 217 g/mol. The molecule has 0 aliphatic rings. The molecule has 88 valence electrons. The highest BCUT2D eigenvalue weighted by molar-refractivity contribution is 5.88. The van der Waals surface area contributed by atoms with Gasteiger partial charge in [0.05, 0.1) is 7.11 Å². The Morgan fingerprint density at radius 3 is 2.33 bits per heavy atom. The van der Waals surface area contributed by atoms with Crippen molar-refractivity contribution in [1.29, 1.82) is 0 Å². The lowest BCUT2D eigenvalue weighted by molar-refractivity contribution is -0.151. The molecule has 5 heteroatoms. The quantitative estimate of drug-likeness (QED) is 0.657. The molecule has 15 heavy (non-hydrogen) atoms. The first-order valence-corrected chi connectivity index (χ1v) is 4.88. The minimum absolute atomic E-state index is 0.0592.